The van der Waals surface area contributed by atoms with Crippen LogP contribution in [0.15, 0.2) is 0 Å². The molecule has 0 radical (unpaired) electrons. The Morgan fingerprint density at radius 2 is 2.10 bits per heavy atom. The summed E-state index contributed by atoms with van der Waals surface area (Å²) in [4.78, 5) is 0. The van der Waals surface area contributed by atoms with Crippen molar-refractivity contribution in [3.05, 3.63) is 0 Å². The molecule has 1 fully saturated rings. The molecule has 0 N–H and O–H groups in total. The van der Waals surface area contributed by atoms with Gasteiger partial charge in [-0.1, -0.05) is 35.4 Å². The van der Waals surface area contributed by atoms with Crippen LogP contribution in [-0.2, 0) is 4.74 Å². The molecule has 0 amide bonds. The van der Waals surface area contributed by atoms with E-state index >= 15 is 0 Å². The largest absolute Gasteiger partial charge is 0.374 e. The molecule has 0 aliphatic carbocycles. The van der Waals surface area contributed by atoms with Crippen molar-refractivity contribution in [3.8, 4) is 0 Å². The van der Waals surface area contributed by atoms with Gasteiger partial charge in [0.25, 0.3) is 0 Å². The third kappa shape index (κ3) is 2.74. The van der Waals surface area contributed by atoms with Crippen molar-refractivity contribution < 1.29 is 4.74 Å². The number of hydrogen-bond donors (Lipinski definition) is 0. The van der Waals surface area contributed by atoms with Crippen LogP contribution in [0.25, 0.3) is 0 Å². The highest BCUT2D eigenvalue weighted by Crippen LogP contribution is 2.19. The average Bonchev–Trinajstić information content (AvgIpc) is 2.13. The SMILES string of the molecule is CC1CCCCC(CI)O1. The van der Waals surface area contributed by atoms with E-state index in [-0.39, 0.29) is 0 Å². The number of alkyl halides is 1. The van der Waals surface area contributed by atoms with Gasteiger partial charge in [-0.3, -0.25) is 0 Å². The van der Waals surface area contributed by atoms with E-state index in [2.05, 4.69) is 29.5 Å². The lowest BCUT2D eigenvalue weighted by molar-refractivity contribution is 0.0173. The highest BCUT2D eigenvalue weighted by atomic mass is 127. The second-order valence-electron chi connectivity index (χ2n) is 3.01. The summed E-state index contributed by atoms with van der Waals surface area (Å²) in [6.45, 7) is 2.19. The lowest BCUT2D eigenvalue weighted by atomic mass is 10.1. The molecule has 0 aromatic rings. The molecule has 2 heteroatoms. The van der Waals surface area contributed by atoms with Crippen molar-refractivity contribution in [1.82, 2.24) is 0 Å². The number of ether oxygens (including phenoxy) is 1. The predicted octanol–water partition coefficient (Wildman–Crippen LogP) is 2.77. The fourth-order valence-electron chi connectivity index (χ4n) is 1.38. The Balaban J connectivity index is 2.30. The number of hydrogen-bond acceptors (Lipinski definition) is 1. The molecule has 0 aromatic heterocycles. The minimum Gasteiger partial charge on any atom is -0.374 e. The molecule has 2 unspecified atom stereocenters. The molecule has 1 nitrogen and oxygen atoms in total. The molecule has 1 saturated heterocycles. The molecule has 1 aliphatic heterocycles. The zero-order valence-corrected chi connectivity index (χ0v) is 8.63. The summed E-state index contributed by atoms with van der Waals surface area (Å²) in [6, 6.07) is 0. The highest BCUT2D eigenvalue weighted by Gasteiger charge is 2.15. The van der Waals surface area contributed by atoms with Gasteiger partial charge >= 0.3 is 0 Å². The van der Waals surface area contributed by atoms with Crippen LogP contribution in [0.4, 0.5) is 0 Å². The highest BCUT2D eigenvalue weighted by molar-refractivity contribution is 14.1. The quantitative estimate of drug-likeness (QED) is 0.516. The van der Waals surface area contributed by atoms with Crippen LogP contribution in [0, 0.1) is 0 Å². The van der Waals surface area contributed by atoms with E-state index in [0.29, 0.717) is 12.2 Å². The second-order valence-corrected chi connectivity index (χ2v) is 3.89. The molecular weight excluding hydrogens is 239 g/mol. The second kappa shape index (κ2) is 4.54. The third-order valence-corrected chi connectivity index (χ3v) is 2.97. The van der Waals surface area contributed by atoms with Crippen molar-refractivity contribution >= 4 is 22.6 Å². The Morgan fingerprint density at radius 3 is 2.80 bits per heavy atom. The van der Waals surface area contributed by atoms with Crippen molar-refractivity contribution in [2.24, 2.45) is 0 Å². The van der Waals surface area contributed by atoms with Gasteiger partial charge in [-0.25, -0.2) is 0 Å². The smallest absolute Gasteiger partial charge is 0.0668 e. The van der Waals surface area contributed by atoms with Crippen LogP contribution >= 0.6 is 22.6 Å². The zero-order valence-electron chi connectivity index (χ0n) is 6.48. The zero-order chi connectivity index (χ0) is 7.40. The summed E-state index contributed by atoms with van der Waals surface area (Å²) < 4.78 is 6.91. The molecule has 0 saturated carbocycles. The van der Waals surface area contributed by atoms with Crippen LogP contribution in [0.5, 0.6) is 0 Å². The maximum atomic E-state index is 5.75. The molecule has 1 heterocycles. The van der Waals surface area contributed by atoms with E-state index in [9.17, 15) is 0 Å². The van der Waals surface area contributed by atoms with Crippen LogP contribution in [0.2, 0.25) is 0 Å². The van der Waals surface area contributed by atoms with Gasteiger partial charge in [0.05, 0.1) is 12.2 Å². The molecule has 1 rings (SSSR count). The van der Waals surface area contributed by atoms with Gasteiger partial charge in [0, 0.05) is 4.43 Å². The molecular formula is C8H15IO. The van der Waals surface area contributed by atoms with Gasteiger partial charge in [-0.05, 0) is 19.8 Å². The Morgan fingerprint density at radius 1 is 1.40 bits per heavy atom. The summed E-state index contributed by atoms with van der Waals surface area (Å²) in [5.41, 5.74) is 0. The van der Waals surface area contributed by atoms with Gasteiger partial charge in [0.2, 0.25) is 0 Å². The Labute approximate surface area is 76.7 Å². The van der Waals surface area contributed by atoms with Crippen LogP contribution in [-0.4, -0.2) is 16.6 Å². The first kappa shape index (κ1) is 8.78. The summed E-state index contributed by atoms with van der Waals surface area (Å²) in [5.74, 6) is 0. The lowest BCUT2D eigenvalue weighted by Crippen LogP contribution is -2.18. The van der Waals surface area contributed by atoms with Gasteiger partial charge in [-0.15, -0.1) is 0 Å². The molecule has 10 heavy (non-hydrogen) atoms. The molecule has 0 bridgehead atoms. The van der Waals surface area contributed by atoms with Gasteiger partial charge in [0.15, 0.2) is 0 Å². The lowest BCUT2D eigenvalue weighted by Gasteiger charge is -2.15. The Hall–Kier alpha value is 0.690. The van der Waals surface area contributed by atoms with E-state index in [1.807, 2.05) is 0 Å². The Bertz CT molecular complexity index is 95.3. The molecule has 1 aliphatic rings. The van der Waals surface area contributed by atoms with E-state index in [1.165, 1.54) is 25.7 Å². The van der Waals surface area contributed by atoms with Crippen LogP contribution in [0.3, 0.4) is 0 Å². The Kier molecular flexibility index (Phi) is 3.99. The molecule has 0 aromatic carbocycles. The normalized spacial score (nSPS) is 35.4. The van der Waals surface area contributed by atoms with Crippen molar-refractivity contribution in [1.29, 1.82) is 0 Å². The summed E-state index contributed by atoms with van der Waals surface area (Å²) >= 11 is 2.41. The minimum absolute atomic E-state index is 0.502. The maximum Gasteiger partial charge on any atom is 0.0668 e. The minimum atomic E-state index is 0.502. The number of rotatable bonds is 1. The third-order valence-electron chi connectivity index (χ3n) is 1.98. The summed E-state index contributed by atoms with van der Waals surface area (Å²) in [6.07, 6.45) is 6.28. The predicted molar refractivity (Wildman–Crippen MR) is 51.7 cm³/mol. The fraction of sp³-hybridized carbons (Fsp3) is 1.00. The molecule has 2 atom stereocenters. The summed E-state index contributed by atoms with van der Waals surface area (Å²) in [5, 5.41) is 0. The van der Waals surface area contributed by atoms with Crippen LogP contribution < -0.4 is 0 Å². The van der Waals surface area contributed by atoms with Crippen molar-refractivity contribution in [3.63, 3.8) is 0 Å². The monoisotopic (exact) mass is 254 g/mol. The van der Waals surface area contributed by atoms with Gasteiger partial charge in [-0.2, -0.15) is 0 Å². The van der Waals surface area contributed by atoms with Crippen molar-refractivity contribution in [2.75, 3.05) is 4.43 Å². The number of halogens is 1. The van der Waals surface area contributed by atoms with Gasteiger partial charge < -0.3 is 4.74 Å². The van der Waals surface area contributed by atoms with Crippen LogP contribution in [0.1, 0.15) is 32.6 Å². The molecule has 0 spiro atoms. The average molecular weight is 254 g/mol. The first-order chi connectivity index (χ1) is 4.83. The standard InChI is InChI=1S/C8H15IO/c1-7-4-2-3-5-8(6-9)10-7/h7-8H,2-6H2,1H3. The maximum absolute atomic E-state index is 5.75. The first-order valence-corrected chi connectivity index (χ1v) is 5.57. The van der Waals surface area contributed by atoms with Crippen molar-refractivity contribution in [2.45, 2.75) is 44.8 Å². The molecule has 60 valence electrons. The summed E-state index contributed by atoms with van der Waals surface area (Å²) in [7, 11) is 0. The first-order valence-electron chi connectivity index (χ1n) is 4.04. The van der Waals surface area contributed by atoms with Gasteiger partial charge in [0.1, 0.15) is 0 Å². The topological polar surface area (TPSA) is 9.23 Å². The fourth-order valence-corrected chi connectivity index (χ4v) is 2.03. The van der Waals surface area contributed by atoms with E-state index < -0.39 is 0 Å². The van der Waals surface area contributed by atoms with E-state index in [1.54, 1.807) is 0 Å². The van der Waals surface area contributed by atoms with E-state index in [0.717, 1.165) is 4.43 Å². The van der Waals surface area contributed by atoms with E-state index in [4.69, 9.17) is 4.74 Å².